The van der Waals surface area contributed by atoms with Crippen molar-refractivity contribution in [2.24, 2.45) is 0 Å². The van der Waals surface area contributed by atoms with Crippen molar-refractivity contribution in [3.63, 3.8) is 0 Å². The summed E-state index contributed by atoms with van der Waals surface area (Å²) in [4.78, 5) is 2.04. The Morgan fingerprint density at radius 1 is 1.12 bits per heavy atom. The van der Waals surface area contributed by atoms with Crippen LogP contribution in [0.4, 0.5) is 0 Å². The lowest BCUT2D eigenvalue weighted by molar-refractivity contribution is 0.275. The van der Waals surface area contributed by atoms with Crippen LogP contribution in [0.1, 0.15) is 33.1 Å². The van der Waals surface area contributed by atoms with Crippen LogP contribution in [0.15, 0.2) is 0 Å². The van der Waals surface area contributed by atoms with Crippen molar-refractivity contribution in [2.45, 2.75) is 38.4 Å². The molecule has 0 aliphatic carbocycles. The number of unbranched alkanes of at least 4 members (excludes halogenated alkanes) is 2. The highest BCUT2D eigenvalue weighted by molar-refractivity contribution is 7.92. The van der Waals surface area contributed by atoms with E-state index in [1.807, 2.05) is 11.9 Å². The lowest BCUT2D eigenvalue weighted by Crippen LogP contribution is -2.29. The first kappa shape index (κ1) is 15.9. The average molecular weight is 251 g/mol. The molecular weight excluding hydrogens is 226 g/mol. The third-order valence-electron chi connectivity index (χ3n) is 2.67. The van der Waals surface area contributed by atoms with Crippen molar-refractivity contribution in [1.29, 1.82) is 0 Å². The quantitative estimate of drug-likeness (QED) is 0.619. The number of nitrogens with zero attached hydrogens (tertiary/aromatic N) is 1. The van der Waals surface area contributed by atoms with Gasteiger partial charge >= 0.3 is 0 Å². The van der Waals surface area contributed by atoms with Crippen LogP contribution in [0, 0.1) is 0 Å². The molecule has 0 aliphatic heterocycles. The molecule has 1 N–H and O–H groups in total. The van der Waals surface area contributed by atoms with E-state index in [1.165, 1.54) is 0 Å². The van der Waals surface area contributed by atoms with E-state index >= 15 is 0 Å². The summed E-state index contributed by atoms with van der Waals surface area (Å²) < 4.78 is 23.1. The summed E-state index contributed by atoms with van der Waals surface area (Å²) in [5.41, 5.74) is 0. The second-order valence-corrected chi connectivity index (χ2v) is 7.18. The smallest absolute Gasteiger partial charge is 0.153 e. The van der Waals surface area contributed by atoms with Gasteiger partial charge in [-0.2, -0.15) is 0 Å². The summed E-state index contributed by atoms with van der Waals surface area (Å²) >= 11 is 0. The maximum absolute atomic E-state index is 11.6. The summed E-state index contributed by atoms with van der Waals surface area (Å²) in [6, 6.07) is 0. The van der Waals surface area contributed by atoms with Crippen molar-refractivity contribution in [1.82, 2.24) is 4.90 Å². The van der Waals surface area contributed by atoms with Crippen molar-refractivity contribution in [3.8, 4) is 0 Å². The second kappa shape index (κ2) is 8.03. The van der Waals surface area contributed by atoms with E-state index in [1.54, 1.807) is 13.8 Å². The minimum atomic E-state index is -2.91. The van der Waals surface area contributed by atoms with Crippen molar-refractivity contribution in [2.75, 3.05) is 32.5 Å². The maximum Gasteiger partial charge on any atom is 0.153 e. The molecule has 5 heteroatoms. The third-order valence-corrected chi connectivity index (χ3v) is 4.86. The zero-order chi connectivity index (χ0) is 12.6. The SMILES string of the molecule is CC(C)S(=O)(=O)CCN(C)CCCCCO. The Bertz CT molecular complexity index is 262. The van der Waals surface area contributed by atoms with Gasteiger partial charge in [0, 0.05) is 13.2 Å². The third kappa shape index (κ3) is 7.19. The predicted octanol–water partition coefficient (Wildman–Crippen LogP) is 0.904. The molecule has 0 bridgehead atoms. The number of aliphatic hydroxyl groups is 1. The van der Waals surface area contributed by atoms with Crippen LogP contribution in [-0.4, -0.2) is 56.2 Å². The highest BCUT2D eigenvalue weighted by atomic mass is 32.2. The van der Waals surface area contributed by atoms with Gasteiger partial charge in [0.1, 0.15) is 0 Å². The molecule has 0 aromatic rings. The molecule has 0 aromatic carbocycles. The molecule has 16 heavy (non-hydrogen) atoms. The lowest BCUT2D eigenvalue weighted by atomic mass is 10.2. The zero-order valence-electron chi connectivity index (χ0n) is 10.6. The van der Waals surface area contributed by atoms with Gasteiger partial charge in [0.05, 0.1) is 11.0 Å². The van der Waals surface area contributed by atoms with Crippen molar-refractivity contribution < 1.29 is 13.5 Å². The Labute approximate surface area is 99.6 Å². The van der Waals surface area contributed by atoms with Crippen LogP contribution in [0.25, 0.3) is 0 Å². The van der Waals surface area contributed by atoms with Gasteiger partial charge in [-0.3, -0.25) is 0 Å². The van der Waals surface area contributed by atoms with Crippen LogP contribution in [0.3, 0.4) is 0 Å². The maximum atomic E-state index is 11.6. The van der Waals surface area contributed by atoms with Crippen LogP contribution < -0.4 is 0 Å². The van der Waals surface area contributed by atoms with E-state index in [0.29, 0.717) is 6.54 Å². The molecule has 0 rings (SSSR count). The molecule has 0 heterocycles. The number of sulfone groups is 1. The minimum absolute atomic E-state index is 0.237. The fourth-order valence-corrected chi connectivity index (χ4v) is 2.34. The molecule has 0 spiro atoms. The molecule has 0 saturated heterocycles. The molecule has 0 amide bonds. The number of rotatable bonds is 9. The van der Waals surface area contributed by atoms with Crippen molar-refractivity contribution >= 4 is 9.84 Å². The topological polar surface area (TPSA) is 57.6 Å². The van der Waals surface area contributed by atoms with Gasteiger partial charge in [0.15, 0.2) is 9.84 Å². The van der Waals surface area contributed by atoms with E-state index in [0.717, 1.165) is 25.8 Å². The van der Waals surface area contributed by atoms with Gasteiger partial charge in [-0.1, -0.05) is 0 Å². The Morgan fingerprint density at radius 3 is 2.25 bits per heavy atom. The van der Waals surface area contributed by atoms with E-state index in [2.05, 4.69) is 0 Å². The van der Waals surface area contributed by atoms with Gasteiger partial charge in [-0.15, -0.1) is 0 Å². The molecule has 0 aliphatic rings. The molecule has 4 nitrogen and oxygen atoms in total. The Hall–Kier alpha value is -0.130. The first-order valence-corrected chi connectivity index (χ1v) is 7.62. The largest absolute Gasteiger partial charge is 0.396 e. The van der Waals surface area contributed by atoms with Gasteiger partial charge < -0.3 is 10.0 Å². The molecule has 0 unspecified atom stereocenters. The average Bonchev–Trinajstić information content (AvgIpc) is 2.21. The zero-order valence-corrected chi connectivity index (χ0v) is 11.5. The molecular formula is C11H25NO3S. The summed E-state index contributed by atoms with van der Waals surface area (Å²) in [6.45, 7) is 5.17. The standard InChI is InChI=1S/C11H25NO3S/c1-11(2)16(14,15)10-8-12(3)7-5-4-6-9-13/h11,13H,4-10H2,1-3H3. The second-order valence-electron chi connectivity index (χ2n) is 4.50. The number of hydrogen-bond donors (Lipinski definition) is 1. The summed E-state index contributed by atoms with van der Waals surface area (Å²) in [5.74, 6) is 0.237. The first-order valence-electron chi connectivity index (χ1n) is 5.91. The summed E-state index contributed by atoms with van der Waals surface area (Å²) in [5, 5.41) is 8.33. The highest BCUT2D eigenvalue weighted by Crippen LogP contribution is 2.02. The Morgan fingerprint density at radius 2 is 1.75 bits per heavy atom. The molecule has 0 fully saturated rings. The van der Waals surface area contributed by atoms with Gasteiger partial charge in [-0.05, 0) is 46.7 Å². The Kier molecular flexibility index (Phi) is 7.97. The number of hydrogen-bond acceptors (Lipinski definition) is 4. The first-order chi connectivity index (χ1) is 7.40. The molecule has 98 valence electrons. The van der Waals surface area contributed by atoms with E-state index in [9.17, 15) is 8.42 Å². The normalized spacial score (nSPS) is 12.6. The summed E-state index contributed by atoms with van der Waals surface area (Å²) in [7, 11) is -0.971. The molecule has 0 aromatic heterocycles. The van der Waals surface area contributed by atoms with Crippen LogP contribution in [-0.2, 0) is 9.84 Å². The van der Waals surface area contributed by atoms with Crippen LogP contribution >= 0.6 is 0 Å². The number of aliphatic hydroxyl groups excluding tert-OH is 1. The van der Waals surface area contributed by atoms with Gasteiger partial charge in [0.2, 0.25) is 0 Å². The van der Waals surface area contributed by atoms with E-state index in [-0.39, 0.29) is 17.6 Å². The van der Waals surface area contributed by atoms with Gasteiger partial charge in [-0.25, -0.2) is 8.42 Å². The van der Waals surface area contributed by atoms with Crippen LogP contribution in [0.5, 0.6) is 0 Å². The molecule has 0 saturated carbocycles. The van der Waals surface area contributed by atoms with Gasteiger partial charge in [0.25, 0.3) is 0 Å². The predicted molar refractivity (Wildman–Crippen MR) is 67.4 cm³/mol. The minimum Gasteiger partial charge on any atom is -0.396 e. The Balaban J connectivity index is 3.69. The van der Waals surface area contributed by atoms with Crippen molar-refractivity contribution in [3.05, 3.63) is 0 Å². The lowest BCUT2D eigenvalue weighted by Gasteiger charge is -2.17. The van der Waals surface area contributed by atoms with E-state index < -0.39 is 9.84 Å². The molecule has 0 atom stereocenters. The highest BCUT2D eigenvalue weighted by Gasteiger charge is 2.16. The summed E-state index contributed by atoms with van der Waals surface area (Å²) in [6.07, 6.45) is 2.84. The fraction of sp³-hybridized carbons (Fsp3) is 1.00. The molecule has 0 radical (unpaired) electrons. The monoisotopic (exact) mass is 251 g/mol. The van der Waals surface area contributed by atoms with E-state index in [4.69, 9.17) is 5.11 Å². The van der Waals surface area contributed by atoms with Crippen LogP contribution in [0.2, 0.25) is 0 Å². The fourth-order valence-electron chi connectivity index (χ4n) is 1.30.